The SMILES string of the molecule is COc1ccc(CN(C)CC(=O)N2CCCC2)cc1F. The molecule has 0 saturated carbocycles. The van der Waals surface area contributed by atoms with E-state index in [4.69, 9.17) is 4.74 Å². The summed E-state index contributed by atoms with van der Waals surface area (Å²) in [5, 5.41) is 0. The van der Waals surface area contributed by atoms with Crippen molar-refractivity contribution in [1.29, 1.82) is 0 Å². The van der Waals surface area contributed by atoms with Crippen molar-refractivity contribution in [2.75, 3.05) is 33.8 Å². The molecule has 1 aromatic rings. The molecule has 0 aliphatic carbocycles. The van der Waals surface area contributed by atoms with Crippen LogP contribution in [0.1, 0.15) is 18.4 Å². The Kier molecular flexibility index (Phi) is 4.95. The van der Waals surface area contributed by atoms with Gasteiger partial charge in [-0.3, -0.25) is 9.69 Å². The summed E-state index contributed by atoms with van der Waals surface area (Å²) in [4.78, 5) is 15.8. The van der Waals surface area contributed by atoms with E-state index in [9.17, 15) is 9.18 Å². The topological polar surface area (TPSA) is 32.8 Å². The van der Waals surface area contributed by atoms with Crippen LogP contribution in [0.2, 0.25) is 0 Å². The van der Waals surface area contributed by atoms with E-state index in [0.717, 1.165) is 31.5 Å². The van der Waals surface area contributed by atoms with Crippen LogP contribution in [0.25, 0.3) is 0 Å². The maximum absolute atomic E-state index is 13.6. The van der Waals surface area contributed by atoms with Crippen LogP contribution in [0.5, 0.6) is 5.75 Å². The third kappa shape index (κ3) is 3.70. The highest BCUT2D eigenvalue weighted by Gasteiger charge is 2.19. The molecule has 0 radical (unpaired) electrons. The highest BCUT2D eigenvalue weighted by atomic mass is 19.1. The number of hydrogen-bond donors (Lipinski definition) is 0. The summed E-state index contributed by atoms with van der Waals surface area (Å²) in [6.07, 6.45) is 2.19. The van der Waals surface area contributed by atoms with Crippen LogP contribution in [0.3, 0.4) is 0 Å². The molecule has 1 fully saturated rings. The zero-order valence-corrected chi connectivity index (χ0v) is 12.1. The average Bonchev–Trinajstić information content (AvgIpc) is 2.92. The van der Waals surface area contributed by atoms with Crippen LogP contribution in [0.4, 0.5) is 4.39 Å². The predicted octanol–water partition coefficient (Wildman–Crippen LogP) is 1.89. The first-order valence-electron chi connectivity index (χ1n) is 6.89. The number of ether oxygens (including phenoxy) is 1. The highest BCUT2D eigenvalue weighted by Crippen LogP contribution is 2.18. The number of benzene rings is 1. The Bertz CT molecular complexity index is 473. The van der Waals surface area contributed by atoms with E-state index in [2.05, 4.69) is 0 Å². The molecule has 2 rings (SSSR count). The molecule has 0 N–H and O–H groups in total. The Hall–Kier alpha value is -1.62. The largest absolute Gasteiger partial charge is 0.494 e. The van der Waals surface area contributed by atoms with E-state index in [1.807, 2.05) is 22.9 Å². The molecular weight excluding hydrogens is 259 g/mol. The Balaban J connectivity index is 1.88. The fraction of sp³-hybridized carbons (Fsp3) is 0.533. The van der Waals surface area contributed by atoms with E-state index >= 15 is 0 Å². The number of hydrogen-bond acceptors (Lipinski definition) is 3. The molecule has 0 atom stereocenters. The van der Waals surface area contributed by atoms with Gasteiger partial charge in [0.25, 0.3) is 0 Å². The van der Waals surface area contributed by atoms with E-state index in [1.165, 1.54) is 13.2 Å². The summed E-state index contributed by atoms with van der Waals surface area (Å²) < 4.78 is 18.5. The number of likely N-dealkylation sites (N-methyl/N-ethyl adjacent to an activating group) is 1. The molecule has 1 heterocycles. The van der Waals surface area contributed by atoms with E-state index in [0.29, 0.717) is 13.1 Å². The molecule has 1 aliphatic rings. The average molecular weight is 280 g/mol. The van der Waals surface area contributed by atoms with Crippen molar-refractivity contribution in [2.45, 2.75) is 19.4 Å². The lowest BCUT2D eigenvalue weighted by Gasteiger charge is -2.21. The molecular formula is C15H21FN2O2. The molecule has 5 heteroatoms. The fourth-order valence-electron chi connectivity index (χ4n) is 2.47. The molecule has 0 spiro atoms. The number of carbonyl (C=O) groups is 1. The van der Waals surface area contributed by atoms with Crippen molar-refractivity contribution < 1.29 is 13.9 Å². The van der Waals surface area contributed by atoms with Crippen molar-refractivity contribution in [3.63, 3.8) is 0 Å². The van der Waals surface area contributed by atoms with Gasteiger partial charge in [-0.15, -0.1) is 0 Å². The normalized spacial score (nSPS) is 14.9. The van der Waals surface area contributed by atoms with Crippen molar-refractivity contribution in [3.8, 4) is 5.75 Å². The molecule has 1 aliphatic heterocycles. The van der Waals surface area contributed by atoms with Crippen LogP contribution in [0, 0.1) is 5.82 Å². The van der Waals surface area contributed by atoms with Gasteiger partial charge in [0.05, 0.1) is 13.7 Å². The lowest BCUT2D eigenvalue weighted by molar-refractivity contribution is -0.131. The summed E-state index contributed by atoms with van der Waals surface area (Å²) in [6.45, 7) is 2.64. The smallest absolute Gasteiger partial charge is 0.236 e. The van der Waals surface area contributed by atoms with Crippen LogP contribution in [-0.4, -0.2) is 49.5 Å². The van der Waals surface area contributed by atoms with Gasteiger partial charge >= 0.3 is 0 Å². The van der Waals surface area contributed by atoms with Gasteiger partial charge in [-0.1, -0.05) is 6.07 Å². The second-order valence-corrected chi connectivity index (χ2v) is 5.23. The van der Waals surface area contributed by atoms with Gasteiger partial charge in [0.15, 0.2) is 11.6 Å². The van der Waals surface area contributed by atoms with E-state index in [1.54, 1.807) is 6.07 Å². The van der Waals surface area contributed by atoms with Crippen LogP contribution in [-0.2, 0) is 11.3 Å². The molecule has 20 heavy (non-hydrogen) atoms. The van der Waals surface area contributed by atoms with Crippen molar-refractivity contribution >= 4 is 5.91 Å². The molecule has 1 saturated heterocycles. The summed E-state index contributed by atoms with van der Waals surface area (Å²) in [5.41, 5.74) is 0.833. The number of halogens is 1. The molecule has 4 nitrogen and oxygen atoms in total. The standard InChI is InChI=1S/C15H21FN2O2/c1-17(11-15(19)18-7-3-4-8-18)10-12-5-6-14(20-2)13(16)9-12/h5-6,9H,3-4,7-8,10-11H2,1-2H3. The van der Waals surface area contributed by atoms with Crippen LogP contribution >= 0.6 is 0 Å². The lowest BCUT2D eigenvalue weighted by atomic mass is 10.2. The van der Waals surface area contributed by atoms with Crippen LogP contribution < -0.4 is 4.74 Å². The second-order valence-electron chi connectivity index (χ2n) is 5.23. The number of likely N-dealkylation sites (tertiary alicyclic amines) is 1. The number of methoxy groups -OCH3 is 1. The fourth-order valence-corrected chi connectivity index (χ4v) is 2.47. The molecule has 0 aromatic heterocycles. The number of rotatable bonds is 5. The Morgan fingerprint density at radius 1 is 1.40 bits per heavy atom. The van der Waals surface area contributed by atoms with Crippen molar-refractivity contribution in [3.05, 3.63) is 29.6 Å². The Labute approximate surface area is 119 Å². The minimum Gasteiger partial charge on any atom is -0.494 e. The van der Waals surface area contributed by atoms with Gasteiger partial charge in [-0.05, 0) is 37.6 Å². The quantitative estimate of drug-likeness (QED) is 0.825. The first kappa shape index (κ1) is 14.8. The van der Waals surface area contributed by atoms with Crippen LogP contribution in [0.15, 0.2) is 18.2 Å². The molecule has 110 valence electrons. The lowest BCUT2D eigenvalue weighted by Crippen LogP contribution is -2.36. The maximum Gasteiger partial charge on any atom is 0.236 e. The third-order valence-electron chi connectivity index (χ3n) is 3.53. The monoisotopic (exact) mass is 280 g/mol. The minimum absolute atomic E-state index is 0.152. The summed E-state index contributed by atoms with van der Waals surface area (Å²) in [5.74, 6) is 0.0211. The van der Waals surface area contributed by atoms with Gasteiger partial charge < -0.3 is 9.64 Å². The third-order valence-corrected chi connectivity index (χ3v) is 3.53. The van der Waals surface area contributed by atoms with E-state index < -0.39 is 0 Å². The van der Waals surface area contributed by atoms with Crippen molar-refractivity contribution in [2.24, 2.45) is 0 Å². The zero-order valence-electron chi connectivity index (χ0n) is 12.1. The minimum atomic E-state index is -0.371. The summed E-state index contributed by atoms with van der Waals surface area (Å²) in [7, 11) is 3.31. The Morgan fingerprint density at radius 2 is 2.10 bits per heavy atom. The van der Waals surface area contributed by atoms with E-state index in [-0.39, 0.29) is 17.5 Å². The first-order valence-corrected chi connectivity index (χ1v) is 6.89. The first-order chi connectivity index (χ1) is 9.60. The van der Waals surface area contributed by atoms with Crippen molar-refractivity contribution in [1.82, 2.24) is 9.80 Å². The van der Waals surface area contributed by atoms with Gasteiger partial charge in [0, 0.05) is 19.6 Å². The second kappa shape index (κ2) is 6.70. The van der Waals surface area contributed by atoms with Gasteiger partial charge in [0.2, 0.25) is 5.91 Å². The predicted molar refractivity (Wildman–Crippen MR) is 75.1 cm³/mol. The van der Waals surface area contributed by atoms with Gasteiger partial charge in [0.1, 0.15) is 0 Å². The molecule has 1 amide bonds. The number of nitrogens with zero attached hydrogens (tertiary/aromatic N) is 2. The summed E-state index contributed by atoms with van der Waals surface area (Å²) in [6, 6.07) is 4.88. The number of carbonyl (C=O) groups excluding carboxylic acids is 1. The molecule has 1 aromatic carbocycles. The maximum atomic E-state index is 13.6. The Morgan fingerprint density at radius 3 is 2.70 bits per heavy atom. The highest BCUT2D eigenvalue weighted by molar-refractivity contribution is 5.78. The van der Waals surface area contributed by atoms with Gasteiger partial charge in [-0.2, -0.15) is 0 Å². The molecule has 0 bridgehead atoms. The molecule has 0 unspecified atom stereocenters. The van der Waals surface area contributed by atoms with Gasteiger partial charge in [-0.25, -0.2) is 4.39 Å². The zero-order chi connectivity index (χ0) is 14.5. The summed E-state index contributed by atoms with van der Waals surface area (Å²) >= 11 is 0. The number of amides is 1.